The van der Waals surface area contributed by atoms with E-state index in [1.807, 2.05) is 0 Å². The lowest BCUT2D eigenvalue weighted by Crippen LogP contribution is -2.47. The first-order valence-corrected chi connectivity index (χ1v) is 7.68. The van der Waals surface area contributed by atoms with Gasteiger partial charge in [0.05, 0.1) is 5.60 Å². The molecular weight excluding hydrogens is 258 g/mol. The highest BCUT2D eigenvalue weighted by Crippen LogP contribution is 2.42. The van der Waals surface area contributed by atoms with Crippen molar-refractivity contribution in [3.8, 4) is 0 Å². The molecule has 2 unspecified atom stereocenters. The molecule has 0 aromatic heterocycles. The van der Waals surface area contributed by atoms with Gasteiger partial charge < -0.3 is 10.5 Å². The van der Waals surface area contributed by atoms with Gasteiger partial charge in [-0.25, -0.2) is 0 Å². The van der Waals surface area contributed by atoms with E-state index in [-0.39, 0.29) is 17.6 Å². The van der Waals surface area contributed by atoms with Gasteiger partial charge in [0.25, 0.3) is 0 Å². The summed E-state index contributed by atoms with van der Waals surface area (Å²) in [5.41, 5.74) is 8.56. The maximum absolute atomic E-state index is 6.23. The van der Waals surface area contributed by atoms with Crippen LogP contribution in [0.2, 0.25) is 0 Å². The fourth-order valence-electron chi connectivity index (χ4n) is 3.51. The molecule has 2 nitrogen and oxygen atoms in total. The molecule has 1 fully saturated rings. The summed E-state index contributed by atoms with van der Waals surface area (Å²) in [4.78, 5) is 0. The minimum Gasteiger partial charge on any atom is -0.374 e. The molecule has 2 heteroatoms. The molecule has 1 aliphatic rings. The summed E-state index contributed by atoms with van der Waals surface area (Å²) in [6.07, 6.45) is 1.84. The molecule has 0 aliphatic carbocycles. The second kappa shape index (κ2) is 6.00. The van der Waals surface area contributed by atoms with Crippen molar-refractivity contribution in [1.29, 1.82) is 0 Å². The fourth-order valence-corrected chi connectivity index (χ4v) is 3.51. The topological polar surface area (TPSA) is 35.2 Å². The van der Waals surface area contributed by atoms with Gasteiger partial charge in [-0.05, 0) is 30.9 Å². The zero-order valence-corrected chi connectivity index (χ0v) is 12.5. The van der Waals surface area contributed by atoms with Gasteiger partial charge in [-0.2, -0.15) is 0 Å². The summed E-state index contributed by atoms with van der Waals surface area (Å²) in [6, 6.07) is 21.5. The smallest absolute Gasteiger partial charge is 0.0777 e. The van der Waals surface area contributed by atoms with Gasteiger partial charge in [-0.3, -0.25) is 0 Å². The van der Waals surface area contributed by atoms with Crippen LogP contribution < -0.4 is 5.73 Å². The van der Waals surface area contributed by atoms with Crippen molar-refractivity contribution in [2.75, 3.05) is 6.61 Å². The minimum atomic E-state index is -0.250. The lowest BCUT2D eigenvalue weighted by atomic mass is 9.74. The summed E-state index contributed by atoms with van der Waals surface area (Å²) in [5, 5.41) is 0. The standard InChI is InChI=1S/C19H23NO/c1-19(14-17(20)12-13-21-19)18(15-8-4-2-5-9-15)16-10-6-3-7-11-16/h2-11,17-18H,12-14,20H2,1H3. The molecule has 0 bridgehead atoms. The first-order valence-electron chi connectivity index (χ1n) is 7.68. The number of benzene rings is 2. The molecule has 0 spiro atoms. The Morgan fingerprint density at radius 1 is 1.00 bits per heavy atom. The van der Waals surface area contributed by atoms with Crippen LogP contribution in [0.1, 0.15) is 36.8 Å². The van der Waals surface area contributed by atoms with Crippen LogP contribution in [-0.4, -0.2) is 18.2 Å². The van der Waals surface area contributed by atoms with Crippen LogP contribution in [0.4, 0.5) is 0 Å². The average Bonchev–Trinajstić information content (AvgIpc) is 2.49. The van der Waals surface area contributed by atoms with Crippen LogP contribution in [-0.2, 0) is 4.74 Å². The minimum absolute atomic E-state index is 0.214. The third-order valence-electron chi connectivity index (χ3n) is 4.46. The second-order valence-corrected chi connectivity index (χ2v) is 6.17. The summed E-state index contributed by atoms with van der Waals surface area (Å²) < 4.78 is 6.23. The Bertz CT molecular complexity index is 529. The van der Waals surface area contributed by atoms with Crippen LogP contribution >= 0.6 is 0 Å². The van der Waals surface area contributed by atoms with E-state index in [9.17, 15) is 0 Å². The molecule has 1 saturated heterocycles. The van der Waals surface area contributed by atoms with E-state index in [1.54, 1.807) is 0 Å². The number of hydrogen-bond donors (Lipinski definition) is 1. The third-order valence-corrected chi connectivity index (χ3v) is 4.46. The number of nitrogens with two attached hydrogens (primary N) is 1. The van der Waals surface area contributed by atoms with E-state index in [2.05, 4.69) is 67.6 Å². The van der Waals surface area contributed by atoms with Crippen molar-refractivity contribution >= 4 is 0 Å². The molecule has 0 amide bonds. The van der Waals surface area contributed by atoms with Gasteiger partial charge in [0.1, 0.15) is 0 Å². The molecule has 0 radical (unpaired) electrons. The van der Waals surface area contributed by atoms with Gasteiger partial charge in [0, 0.05) is 18.6 Å². The Kier molecular flexibility index (Phi) is 4.09. The monoisotopic (exact) mass is 281 g/mol. The quantitative estimate of drug-likeness (QED) is 0.930. The second-order valence-electron chi connectivity index (χ2n) is 6.17. The summed E-state index contributed by atoms with van der Waals surface area (Å²) >= 11 is 0. The fraction of sp³-hybridized carbons (Fsp3) is 0.368. The van der Waals surface area contributed by atoms with Gasteiger partial charge >= 0.3 is 0 Å². The summed E-state index contributed by atoms with van der Waals surface area (Å²) in [5.74, 6) is 0.214. The summed E-state index contributed by atoms with van der Waals surface area (Å²) in [7, 11) is 0. The Balaban J connectivity index is 2.04. The van der Waals surface area contributed by atoms with Crippen LogP contribution in [0.3, 0.4) is 0 Å². The Labute approximate surface area is 126 Å². The molecule has 2 N–H and O–H groups in total. The van der Waals surface area contributed by atoms with Crippen molar-refractivity contribution in [2.45, 2.75) is 37.3 Å². The maximum Gasteiger partial charge on any atom is 0.0777 e. The van der Waals surface area contributed by atoms with Crippen LogP contribution in [0.5, 0.6) is 0 Å². The lowest BCUT2D eigenvalue weighted by molar-refractivity contribution is -0.0815. The van der Waals surface area contributed by atoms with E-state index in [1.165, 1.54) is 11.1 Å². The van der Waals surface area contributed by atoms with Crippen LogP contribution in [0.15, 0.2) is 60.7 Å². The maximum atomic E-state index is 6.23. The Morgan fingerprint density at radius 3 is 2.00 bits per heavy atom. The predicted molar refractivity (Wildman–Crippen MR) is 86.3 cm³/mol. The van der Waals surface area contributed by atoms with E-state index in [4.69, 9.17) is 10.5 Å². The molecule has 1 aliphatic heterocycles. The first-order chi connectivity index (χ1) is 10.2. The zero-order chi connectivity index (χ0) is 14.7. The largest absolute Gasteiger partial charge is 0.374 e. The normalized spacial score (nSPS) is 26.0. The van der Waals surface area contributed by atoms with Crippen LogP contribution in [0.25, 0.3) is 0 Å². The molecule has 2 atom stereocenters. The third kappa shape index (κ3) is 3.02. The number of hydrogen-bond acceptors (Lipinski definition) is 2. The Hall–Kier alpha value is -1.64. The molecule has 110 valence electrons. The highest BCUT2D eigenvalue weighted by atomic mass is 16.5. The zero-order valence-electron chi connectivity index (χ0n) is 12.5. The predicted octanol–water partition coefficient (Wildman–Crippen LogP) is 3.71. The lowest BCUT2D eigenvalue weighted by Gasteiger charge is -2.43. The highest BCUT2D eigenvalue weighted by Gasteiger charge is 2.40. The van der Waals surface area contributed by atoms with Crippen molar-refractivity contribution in [1.82, 2.24) is 0 Å². The van der Waals surface area contributed by atoms with Crippen molar-refractivity contribution in [3.63, 3.8) is 0 Å². The first kappa shape index (κ1) is 14.3. The highest BCUT2D eigenvalue weighted by molar-refractivity contribution is 5.36. The van der Waals surface area contributed by atoms with Gasteiger partial charge in [-0.1, -0.05) is 60.7 Å². The van der Waals surface area contributed by atoms with E-state index >= 15 is 0 Å². The molecular formula is C19H23NO. The van der Waals surface area contributed by atoms with Gasteiger partial charge in [0.15, 0.2) is 0 Å². The summed E-state index contributed by atoms with van der Waals surface area (Å²) in [6.45, 7) is 2.95. The van der Waals surface area contributed by atoms with Crippen molar-refractivity contribution < 1.29 is 4.74 Å². The van der Waals surface area contributed by atoms with Gasteiger partial charge in [-0.15, -0.1) is 0 Å². The Morgan fingerprint density at radius 2 is 1.52 bits per heavy atom. The van der Waals surface area contributed by atoms with Crippen molar-refractivity contribution in [3.05, 3.63) is 71.8 Å². The van der Waals surface area contributed by atoms with Crippen molar-refractivity contribution in [2.24, 2.45) is 5.73 Å². The SMILES string of the molecule is CC1(C(c2ccccc2)c2ccccc2)CC(N)CCO1. The molecule has 0 saturated carbocycles. The van der Waals surface area contributed by atoms with E-state index in [0.717, 1.165) is 19.4 Å². The number of rotatable bonds is 3. The molecule has 21 heavy (non-hydrogen) atoms. The van der Waals surface area contributed by atoms with Gasteiger partial charge in [0.2, 0.25) is 0 Å². The molecule has 2 aromatic carbocycles. The van der Waals surface area contributed by atoms with Crippen LogP contribution in [0, 0.1) is 0 Å². The molecule has 3 rings (SSSR count). The average molecular weight is 281 g/mol. The molecule has 1 heterocycles. The number of ether oxygens (including phenoxy) is 1. The van der Waals surface area contributed by atoms with E-state index in [0.29, 0.717) is 0 Å². The molecule has 2 aromatic rings. The van der Waals surface area contributed by atoms with E-state index < -0.39 is 0 Å².